The van der Waals surface area contributed by atoms with E-state index in [-0.39, 0.29) is 11.1 Å². The number of hydrogen-bond acceptors (Lipinski definition) is 4. The van der Waals surface area contributed by atoms with Gasteiger partial charge < -0.3 is 4.90 Å². The number of amides is 2. The smallest absolute Gasteiger partial charge is 0.293 e. The Morgan fingerprint density at radius 2 is 1.59 bits per heavy atom. The summed E-state index contributed by atoms with van der Waals surface area (Å²) in [4.78, 5) is 29.0. The number of hydrogen-bond donors (Lipinski definition) is 0. The molecule has 0 spiro atoms. The fraction of sp³-hybridized carbons (Fsp3) is 0.273. The van der Waals surface area contributed by atoms with E-state index in [0.717, 1.165) is 47.2 Å². The number of benzene rings is 2. The average Bonchev–Trinajstić information content (AvgIpc) is 2.93. The van der Waals surface area contributed by atoms with Gasteiger partial charge in [-0.15, -0.1) is 0 Å². The van der Waals surface area contributed by atoms with Gasteiger partial charge in [-0.3, -0.25) is 14.5 Å². The van der Waals surface area contributed by atoms with Gasteiger partial charge in [0.2, 0.25) is 0 Å². The van der Waals surface area contributed by atoms with Gasteiger partial charge in [0.15, 0.2) is 0 Å². The van der Waals surface area contributed by atoms with Crippen LogP contribution in [0, 0.1) is 6.92 Å². The van der Waals surface area contributed by atoms with Crippen molar-refractivity contribution in [2.75, 3.05) is 18.0 Å². The molecule has 1 fully saturated rings. The van der Waals surface area contributed by atoms with Gasteiger partial charge in [-0.25, -0.2) is 0 Å². The summed E-state index contributed by atoms with van der Waals surface area (Å²) in [5.74, 6) is -0.224. The highest BCUT2D eigenvalue weighted by Crippen LogP contribution is 2.33. The molecule has 27 heavy (non-hydrogen) atoms. The first-order valence-corrected chi connectivity index (χ1v) is 9.99. The molecule has 1 aliphatic heterocycles. The van der Waals surface area contributed by atoms with Crippen LogP contribution in [-0.2, 0) is 11.3 Å². The number of imide groups is 1. The van der Waals surface area contributed by atoms with Gasteiger partial charge in [0.25, 0.3) is 11.1 Å². The lowest BCUT2D eigenvalue weighted by Crippen LogP contribution is -2.27. The Hall–Kier alpha value is -2.53. The van der Waals surface area contributed by atoms with Crippen LogP contribution < -0.4 is 4.90 Å². The Kier molecular flexibility index (Phi) is 6.01. The van der Waals surface area contributed by atoms with Crippen molar-refractivity contribution in [1.29, 1.82) is 0 Å². The second kappa shape index (κ2) is 8.44. The molecule has 0 radical (unpaired) electrons. The second-order valence-corrected chi connectivity index (χ2v) is 7.51. The standard InChI is InChI=1S/C22H24N2O2S/c1-4-23(5-2)19-12-10-17(11-13-19)14-20-21(25)24(22(26)27-20)15-18-8-6-16(3)7-9-18/h6-14H,4-5,15H2,1-3H3/b20-14-. The molecule has 0 saturated carbocycles. The van der Waals surface area contributed by atoms with Crippen molar-refractivity contribution < 1.29 is 9.59 Å². The van der Waals surface area contributed by atoms with Crippen molar-refractivity contribution in [2.45, 2.75) is 27.3 Å². The zero-order valence-electron chi connectivity index (χ0n) is 15.9. The van der Waals surface area contributed by atoms with E-state index in [2.05, 4.69) is 30.9 Å². The molecule has 2 aromatic rings. The third kappa shape index (κ3) is 4.42. The first kappa shape index (κ1) is 19.2. The normalized spacial score (nSPS) is 15.7. The van der Waals surface area contributed by atoms with Gasteiger partial charge in [-0.05, 0) is 61.9 Å². The highest BCUT2D eigenvalue weighted by atomic mass is 32.2. The minimum atomic E-state index is -0.224. The Morgan fingerprint density at radius 1 is 0.963 bits per heavy atom. The summed E-state index contributed by atoms with van der Waals surface area (Å²) in [5.41, 5.74) is 4.19. The predicted octanol–water partition coefficient (Wildman–Crippen LogP) is 5.08. The maximum atomic E-state index is 12.7. The molecule has 0 aromatic heterocycles. The number of rotatable bonds is 6. The van der Waals surface area contributed by atoms with Crippen LogP contribution in [0.1, 0.15) is 30.5 Å². The molecule has 1 aliphatic rings. The van der Waals surface area contributed by atoms with Crippen LogP contribution in [0.3, 0.4) is 0 Å². The number of nitrogens with zero attached hydrogens (tertiary/aromatic N) is 2. The summed E-state index contributed by atoms with van der Waals surface area (Å²) < 4.78 is 0. The molecule has 3 rings (SSSR count). The van der Waals surface area contributed by atoms with E-state index < -0.39 is 0 Å². The van der Waals surface area contributed by atoms with Gasteiger partial charge >= 0.3 is 0 Å². The van der Waals surface area contributed by atoms with Crippen LogP contribution in [-0.4, -0.2) is 29.1 Å². The van der Waals surface area contributed by atoms with Crippen LogP contribution in [0.15, 0.2) is 53.4 Å². The summed E-state index contributed by atoms with van der Waals surface area (Å²) in [6, 6.07) is 16.0. The van der Waals surface area contributed by atoms with Gasteiger partial charge in [0.1, 0.15) is 0 Å². The largest absolute Gasteiger partial charge is 0.372 e. The third-order valence-corrected chi connectivity index (χ3v) is 5.56. The second-order valence-electron chi connectivity index (χ2n) is 6.52. The van der Waals surface area contributed by atoms with E-state index in [4.69, 9.17) is 0 Å². The summed E-state index contributed by atoms with van der Waals surface area (Å²) in [5, 5.41) is -0.216. The van der Waals surface area contributed by atoms with Crippen LogP contribution in [0.2, 0.25) is 0 Å². The molecular formula is C22H24N2O2S. The molecule has 0 bridgehead atoms. The lowest BCUT2D eigenvalue weighted by molar-refractivity contribution is -0.123. The van der Waals surface area contributed by atoms with E-state index >= 15 is 0 Å². The van der Waals surface area contributed by atoms with Gasteiger partial charge in [0, 0.05) is 18.8 Å². The SMILES string of the molecule is CCN(CC)c1ccc(/C=C2\SC(=O)N(Cc3ccc(C)cc3)C2=O)cc1. The zero-order valence-corrected chi connectivity index (χ0v) is 16.8. The summed E-state index contributed by atoms with van der Waals surface area (Å²) >= 11 is 1.01. The molecule has 0 unspecified atom stereocenters. The number of aryl methyl sites for hydroxylation is 1. The maximum absolute atomic E-state index is 12.7. The molecule has 2 aromatic carbocycles. The molecule has 2 amide bonds. The Bertz CT molecular complexity index is 853. The maximum Gasteiger partial charge on any atom is 0.293 e. The fourth-order valence-electron chi connectivity index (χ4n) is 3.03. The minimum absolute atomic E-state index is 0.216. The van der Waals surface area contributed by atoms with Gasteiger partial charge in [-0.1, -0.05) is 42.0 Å². The number of carbonyl (C=O) groups excluding carboxylic acids is 2. The summed E-state index contributed by atoms with van der Waals surface area (Å²) in [6.07, 6.45) is 1.80. The van der Waals surface area contributed by atoms with E-state index in [9.17, 15) is 9.59 Å². The zero-order chi connectivity index (χ0) is 19.4. The first-order valence-electron chi connectivity index (χ1n) is 9.17. The molecule has 1 saturated heterocycles. The molecular weight excluding hydrogens is 356 g/mol. The first-order chi connectivity index (χ1) is 13.0. The Balaban J connectivity index is 1.74. The van der Waals surface area contributed by atoms with Crippen molar-refractivity contribution in [2.24, 2.45) is 0 Å². The lowest BCUT2D eigenvalue weighted by Gasteiger charge is -2.20. The Morgan fingerprint density at radius 3 is 2.19 bits per heavy atom. The summed E-state index contributed by atoms with van der Waals surface area (Å²) in [7, 11) is 0. The van der Waals surface area contributed by atoms with Crippen LogP contribution in [0.4, 0.5) is 10.5 Å². The molecule has 1 heterocycles. The Labute approximate surface area is 164 Å². The van der Waals surface area contributed by atoms with Crippen molar-refractivity contribution in [3.05, 3.63) is 70.1 Å². The molecule has 0 atom stereocenters. The third-order valence-electron chi connectivity index (χ3n) is 4.65. The fourth-order valence-corrected chi connectivity index (χ4v) is 3.87. The predicted molar refractivity (Wildman–Crippen MR) is 113 cm³/mol. The van der Waals surface area contributed by atoms with E-state index in [0.29, 0.717) is 11.4 Å². The number of thioether (sulfide) groups is 1. The van der Waals surface area contributed by atoms with E-state index in [1.807, 2.05) is 43.3 Å². The van der Waals surface area contributed by atoms with Crippen LogP contribution >= 0.6 is 11.8 Å². The minimum Gasteiger partial charge on any atom is -0.372 e. The van der Waals surface area contributed by atoms with E-state index in [1.165, 1.54) is 4.90 Å². The van der Waals surface area contributed by atoms with Crippen molar-refractivity contribution in [3.63, 3.8) is 0 Å². The molecule has 4 nitrogen and oxygen atoms in total. The van der Waals surface area contributed by atoms with Crippen molar-refractivity contribution in [3.8, 4) is 0 Å². The number of carbonyl (C=O) groups is 2. The van der Waals surface area contributed by atoms with Crippen molar-refractivity contribution >= 4 is 34.7 Å². The lowest BCUT2D eigenvalue weighted by atomic mass is 10.1. The highest BCUT2D eigenvalue weighted by molar-refractivity contribution is 8.18. The quantitative estimate of drug-likeness (QED) is 0.656. The molecule has 140 valence electrons. The van der Waals surface area contributed by atoms with E-state index in [1.54, 1.807) is 6.08 Å². The van der Waals surface area contributed by atoms with Gasteiger partial charge in [-0.2, -0.15) is 0 Å². The number of anilines is 1. The van der Waals surface area contributed by atoms with Crippen LogP contribution in [0.5, 0.6) is 0 Å². The molecule has 0 N–H and O–H groups in total. The van der Waals surface area contributed by atoms with Crippen molar-refractivity contribution in [1.82, 2.24) is 4.90 Å². The highest BCUT2D eigenvalue weighted by Gasteiger charge is 2.34. The van der Waals surface area contributed by atoms with Gasteiger partial charge in [0.05, 0.1) is 11.4 Å². The summed E-state index contributed by atoms with van der Waals surface area (Å²) in [6.45, 7) is 8.48. The van der Waals surface area contributed by atoms with Crippen LogP contribution in [0.25, 0.3) is 6.08 Å². The molecule has 0 aliphatic carbocycles. The average molecular weight is 381 g/mol. The molecule has 5 heteroatoms. The monoisotopic (exact) mass is 380 g/mol. The topological polar surface area (TPSA) is 40.6 Å².